The van der Waals surface area contributed by atoms with E-state index in [1.165, 1.54) is 0 Å². The fraction of sp³-hybridized carbons (Fsp3) is 0.565. The van der Waals surface area contributed by atoms with Crippen molar-refractivity contribution in [2.24, 2.45) is 11.1 Å². The number of hydrogen-bond acceptors (Lipinski definition) is 4. The van der Waals surface area contributed by atoms with E-state index in [2.05, 4.69) is 16.0 Å². The van der Waals surface area contributed by atoms with Gasteiger partial charge in [0.2, 0.25) is 11.8 Å². The summed E-state index contributed by atoms with van der Waals surface area (Å²) in [5.74, 6) is -1.52. The van der Waals surface area contributed by atoms with Gasteiger partial charge in [-0.05, 0) is 36.7 Å². The van der Waals surface area contributed by atoms with Crippen LogP contribution in [-0.4, -0.2) is 48.0 Å². The van der Waals surface area contributed by atoms with Gasteiger partial charge < -0.3 is 26.8 Å². The summed E-state index contributed by atoms with van der Waals surface area (Å²) < 4.78 is 0. The van der Waals surface area contributed by atoms with Gasteiger partial charge in [-0.15, -0.1) is 0 Å². The molecule has 2 rings (SSSR count). The van der Waals surface area contributed by atoms with Crippen molar-refractivity contribution in [3.05, 3.63) is 35.9 Å². The van der Waals surface area contributed by atoms with Crippen molar-refractivity contribution in [2.45, 2.75) is 63.8 Å². The maximum atomic E-state index is 12.8. The molecule has 32 heavy (non-hydrogen) atoms. The van der Waals surface area contributed by atoms with Gasteiger partial charge in [-0.2, -0.15) is 0 Å². The summed E-state index contributed by atoms with van der Waals surface area (Å²) in [5.41, 5.74) is 5.65. The van der Waals surface area contributed by atoms with Crippen molar-refractivity contribution in [3.63, 3.8) is 0 Å². The standard InChI is InChI=1S/C23H35N5O4/c24-22(25)27-13-7-6-12-26-21(32)18(14-17-8-2-1-3-9-17)28-19(29)15-23(16-20(30)31)10-4-5-11-23/h1-3,8-9,18H,4-7,10-16H2,(H,26,32)(H,28,29)(H,30,31)(H4,24,25,27)/t18-/m0/s1. The zero-order chi connectivity index (χ0) is 23.4. The first-order valence-electron chi connectivity index (χ1n) is 11.2. The van der Waals surface area contributed by atoms with Crippen molar-refractivity contribution < 1.29 is 19.5 Å². The van der Waals surface area contributed by atoms with Gasteiger partial charge in [-0.3, -0.25) is 19.8 Å². The molecule has 1 atom stereocenters. The van der Waals surface area contributed by atoms with E-state index >= 15 is 0 Å². The molecule has 0 aromatic heterocycles. The fourth-order valence-electron chi connectivity index (χ4n) is 4.31. The second-order valence-corrected chi connectivity index (χ2v) is 8.60. The van der Waals surface area contributed by atoms with Crippen LogP contribution in [0, 0.1) is 10.8 Å². The normalized spacial score (nSPS) is 15.5. The largest absolute Gasteiger partial charge is 0.481 e. The number of aliphatic carboxylic acids is 1. The van der Waals surface area contributed by atoms with Gasteiger partial charge in [-0.25, -0.2) is 0 Å². The second kappa shape index (κ2) is 12.7. The van der Waals surface area contributed by atoms with E-state index in [1.807, 2.05) is 30.3 Å². The van der Waals surface area contributed by atoms with Gasteiger partial charge in [0.1, 0.15) is 6.04 Å². The number of carboxylic acid groups (broad SMARTS) is 1. The zero-order valence-electron chi connectivity index (χ0n) is 18.5. The zero-order valence-corrected chi connectivity index (χ0v) is 18.5. The first kappa shape index (κ1) is 25.2. The number of carbonyl (C=O) groups is 3. The molecule has 0 heterocycles. The quantitative estimate of drug-likeness (QED) is 0.153. The van der Waals surface area contributed by atoms with Crippen LogP contribution in [0.3, 0.4) is 0 Å². The number of nitrogens with two attached hydrogens (primary N) is 1. The van der Waals surface area contributed by atoms with Crippen LogP contribution in [0.4, 0.5) is 0 Å². The molecule has 1 saturated carbocycles. The molecule has 2 amide bonds. The molecule has 1 aromatic rings. The number of unbranched alkanes of at least 4 members (excludes halogenated alkanes) is 1. The minimum Gasteiger partial charge on any atom is -0.481 e. The number of benzene rings is 1. The van der Waals surface area contributed by atoms with Gasteiger partial charge in [0.25, 0.3) is 0 Å². The first-order chi connectivity index (χ1) is 15.3. The molecule has 1 aromatic carbocycles. The Morgan fingerprint density at radius 3 is 2.25 bits per heavy atom. The highest BCUT2D eigenvalue weighted by Gasteiger charge is 2.38. The molecule has 9 heteroatoms. The number of nitrogens with one attached hydrogen (secondary N) is 4. The lowest BCUT2D eigenvalue weighted by Gasteiger charge is -2.27. The van der Waals surface area contributed by atoms with Gasteiger partial charge in [-0.1, -0.05) is 43.2 Å². The molecule has 1 fully saturated rings. The third-order valence-corrected chi connectivity index (χ3v) is 5.88. The minimum atomic E-state index is -0.891. The lowest BCUT2D eigenvalue weighted by molar-refractivity contribution is -0.140. The average Bonchev–Trinajstić information content (AvgIpc) is 3.17. The van der Waals surface area contributed by atoms with Gasteiger partial charge in [0.05, 0.1) is 6.42 Å². The number of amides is 2. The molecule has 0 spiro atoms. The first-order valence-corrected chi connectivity index (χ1v) is 11.2. The third kappa shape index (κ3) is 8.95. The van der Waals surface area contributed by atoms with Gasteiger partial charge in [0, 0.05) is 25.9 Å². The van der Waals surface area contributed by atoms with E-state index in [0.29, 0.717) is 25.9 Å². The Balaban J connectivity index is 1.95. The highest BCUT2D eigenvalue weighted by molar-refractivity contribution is 5.88. The molecule has 0 saturated heterocycles. The smallest absolute Gasteiger partial charge is 0.303 e. The molecule has 1 aliphatic carbocycles. The number of hydrogen-bond donors (Lipinski definition) is 6. The molecular formula is C23H35N5O4. The predicted octanol–water partition coefficient (Wildman–Crippen LogP) is 1.52. The SMILES string of the molecule is N=C(N)NCCCCNC(=O)[C@H](Cc1ccccc1)NC(=O)CC1(CC(=O)O)CCCC1. The van der Waals surface area contributed by atoms with Crippen molar-refractivity contribution in [1.82, 2.24) is 16.0 Å². The Kier molecular flexibility index (Phi) is 9.97. The van der Waals surface area contributed by atoms with Crippen LogP contribution in [0.25, 0.3) is 0 Å². The van der Waals surface area contributed by atoms with Crippen LogP contribution in [0.2, 0.25) is 0 Å². The van der Waals surface area contributed by atoms with E-state index in [-0.39, 0.29) is 30.6 Å². The molecule has 1 aliphatic rings. The Hall–Kier alpha value is -3.10. The van der Waals surface area contributed by atoms with Crippen LogP contribution in [0.1, 0.15) is 56.9 Å². The monoisotopic (exact) mass is 445 g/mol. The molecule has 0 radical (unpaired) electrons. The topological polar surface area (TPSA) is 157 Å². The summed E-state index contributed by atoms with van der Waals surface area (Å²) in [5, 5.41) is 24.9. The average molecular weight is 446 g/mol. The van der Waals surface area contributed by atoms with E-state index in [4.69, 9.17) is 11.1 Å². The summed E-state index contributed by atoms with van der Waals surface area (Å²) in [4.78, 5) is 37.0. The number of carbonyl (C=O) groups excluding carboxylic acids is 2. The van der Waals surface area contributed by atoms with Crippen LogP contribution >= 0.6 is 0 Å². The van der Waals surface area contributed by atoms with Crippen molar-refractivity contribution in [2.75, 3.05) is 13.1 Å². The van der Waals surface area contributed by atoms with Crippen LogP contribution < -0.4 is 21.7 Å². The molecule has 0 bridgehead atoms. The number of rotatable bonds is 13. The Morgan fingerprint density at radius 2 is 1.66 bits per heavy atom. The molecule has 7 N–H and O–H groups in total. The Morgan fingerprint density at radius 1 is 1.03 bits per heavy atom. The van der Waals surface area contributed by atoms with Crippen LogP contribution in [0.5, 0.6) is 0 Å². The highest BCUT2D eigenvalue weighted by atomic mass is 16.4. The molecular weight excluding hydrogens is 410 g/mol. The van der Waals surface area contributed by atoms with E-state index in [1.54, 1.807) is 0 Å². The number of guanidine groups is 1. The summed E-state index contributed by atoms with van der Waals surface area (Å²) in [6.07, 6.45) is 5.19. The van der Waals surface area contributed by atoms with Crippen molar-refractivity contribution in [1.29, 1.82) is 5.41 Å². The minimum absolute atomic E-state index is 0.0235. The van der Waals surface area contributed by atoms with Crippen molar-refractivity contribution in [3.8, 4) is 0 Å². The maximum absolute atomic E-state index is 12.8. The molecule has 0 aliphatic heterocycles. The second-order valence-electron chi connectivity index (χ2n) is 8.60. The number of carboxylic acids is 1. The van der Waals surface area contributed by atoms with E-state index in [0.717, 1.165) is 37.7 Å². The third-order valence-electron chi connectivity index (χ3n) is 5.88. The molecule has 0 unspecified atom stereocenters. The Bertz CT molecular complexity index is 778. The molecule has 176 valence electrons. The fourth-order valence-corrected chi connectivity index (χ4v) is 4.31. The van der Waals surface area contributed by atoms with Gasteiger partial charge in [0.15, 0.2) is 5.96 Å². The maximum Gasteiger partial charge on any atom is 0.303 e. The predicted molar refractivity (Wildman–Crippen MR) is 122 cm³/mol. The lowest BCUT2D eigenvalue weighted by Crippen LogP contribution is -2.49. The molecule has 9 nitrogen and oxygen atoms in total. The Labute approximate surface area is 189 Å². The summed E-state index contributed by atoms with van der Waals surface area (Å²) in [6.45, 7) is 1.00. The van der Waals surface area contributed by atoms with Crippen LogP contribution in [-0.2, 0) is 20.8 Å². The summed E-state index contributed by atoms with van der Waals surface area (Å²) in [6, 6.07) is 8.74. The van der Waals surface area contributed by atoms with E-state index < -0.39 is 17.4 Å². The van der Waals surface area contributed by atoms with Gasteiger partial charge >= 0.3 is 5.97 Å². The van der Waals surface area contributed by atoms with Crippen molar-refractivity contribution >= 4 is 23.7 Å². The summed E-state index contributed by atoms with van der Waals surface area (Å²) >= 11 is 0. The summed E-state index contributed by atoms with van der Waals surface area (Å²) in [7, 11) is 0. The lowest BCUT2D eigenvalue weighted by atomic mass is 9.79. The van der Waals surface area contributed by atoms with E-state index in [9.17, 15) is 19.5 Å². The highest BCUT2D eigenvalue weighted by Crippen LogP contribution is 2.44. The van der Waals surface area contributed by atoms with Crippen LogP contribution in [0.15, 0.2) is 30.3 Å².